The lowest BCUT2D eigenvalue weighted by atomic mass is 10.1. The van der Waals surface area contributed by atoms with E-state index in [1.807, 2.05) is 0 Å². The molecular formula is C13H26N4O. The Kier molecular flexibility index (Phi) is 4.49. The third kappa shape index (κ3) is 3.22. The molecule has 0 saturated carbocycles. The average molecular weight is 254 g/mol. The Bertz CT molecular complexity index is 245. The molecule has 0 unspecified atom stereocenters. The summed E-state index contributed by atoms with van der Waals surface area (Å²) in [6.07, 6.45) is 0. The predicted molar refractivity (Wildman–Crippen MR) is 71.9 cm³/mol. The van der Waals surface area contributed by atoms with Crippen molar-refractivity contribution in [2.45, 2.75) is 6.04 Å². The van der Waals surface area contributed by atoms with Crippen molar-refractivity contribution < 1.29 is 4.74 Å². The van der Waals surface area contributed by atoms with Gasteiger partial charge < -0.3 is 10.1 Å². The van der Waals surface area contributed by atoms with Crippen molar-refractivity contribution in [1.82, 2.24) is 20.0 Å². The number of ether oxygens (including phenoxy) is 1. The van der Waals surface area contributed by atoms with E-state index in [0.29, 0.717) is 0 Å². The zero-order valence-corrected chi connectivity index (χ0v) is 11.3. The van der Waals surface area contributed by atoms with Crippen LogP contribution < -0.4 is 5.32 Å². The van der Waals surface area contributed by atoms with Gasteiger partial charge in [0.25, 0.3) is 0 Å². The standard InChI is InChI=1S/C13H26N4O/c1(2-16-7-9-18-10-8-16)15-3-5-17(6-4-15)13-11-14-12-13/h13-14H,1-12H2. The molecule has 0 radical (unpaired) electrons. The Hall–Kier alpha value is -0.200. The van der Waals surface area contributed by atoms with Gasteiger partial charge in [-0.1, -0.05) is 0 Å². The number of hydrogen-bond acceptors (Lipinski definition) is 5. The van der Waals surface area contributed by atoms with E-state index >= 15 is 0 Å². The normalized spacial score (nSPS) is 29.3. The highest BCUT2D eigenvalue weighted by Crippen LogP contribution is 2.09. The van der Waals surface area contributed by atoms with Crippen LogP contribution in [0.25, 0.3) is 0 Å². The van der Waals surface area contributed by atoms with Crippen LogP contribution in [0.3, 0.4) is 0 Å². The van der Waals surface area contributed by atoms with Crippen LogP contribution in [0.15, 0.2) is 0 Å². The van der Waals surface area contributed by atoms with Crippen molar-refractivity contribution in [3.63, 3.8) is 0 Å². The highest BCUT2D eigenvalue weighted by atomic mass is 16.5. The molecule has 3 heterocycles. The molecule has 0 aromatic rings. The van der Waals surface area contributed by atoms with Crippen LogP contribution in [0.4, 0.5) is 0 Å². The van der Waals surface area contributed by atoms with Gasteiger partial charge in [0.15, 0.2) is 0 Å². The molecule has 5 nitrogen and oxygen atoms in total. The van der Waals surface area contributed by atoms with Gasteiger partial charge in [0.05, 0.1) is 13.2 Å². The van der Waals surface area contributed by atoms with Gasteiger partial charge in [-0.3, -0.25) is 14.7 Å². The number of rotatable bonds is 4. The summed E-state index contributed by atoms with van der Waals surface area (Å²) in [7, 11) is 0. The van der Waals surface area contributed by atoms with Crippen molar-refractivity contribution >= 4 is 0 Å². The maximum Gasteiger partial charge on any atom is 0.0594 e. The SMILES string of the molecule is C1CN(CCN2CCN(C3CNC3)CC2)CCO1. The van der Waals surface area contributed by atoms with Gasteiger partial charge in [-0.25, -0.2) is 0 Å². The van der Waals surface area contributed by atoms with Gasteiger partial charge in [0.2, 0.25) is 0 Å². The van der Waals surface area contributed by atoms with E-state index in [1.165, 1.54) is 52.4 Å². The number of morpholine rings is 1. The molecule has 3 fully saturated rings. The minimum Gasteiger partial charge on any atom is -0.379 e. The van der Waals surface area contributed by atoms with Crippen LogP contribution in [0.2, 0.25) is 0 Å². The van der Waals surface area contributed by atoms with Gasteiger partial charge in [0.1, 0.15) is 0 Å². The average Bonchev–Trinajstić information content (AvgIpc) is 2.37. The van der Waals surface area contributed by atoms with E-state index in [0.717, 1.165) is 32.3 Å². The second-order valence-electron chi connectivity index (χ2n) is 5.64. The van der Waals surface area contributed by atoms with Gasteiger partial charge in [-0.05, 0) is 0 Å². The maximum absolute atomic E-state index is 5.38. The monoisotopic (exact) mass is 254 g/mol. The topological polar surface area (TPSA) is 31.0 Å². The number of piperazine rings is 1. The Morgan fingerprint density at radius 1 is 0.833 bits per heavy atom. The molecule has 104 valence electrons. The van der Waals surface area contributed by atoms with Crippen LogP contribution in [0.5, 0.6) is 0 Å². The first-order valence-corrected chi connectivity index (χ1v) is 7.39. The molecule has 0 aromatic carbocycles. The lowest BCUT2D eigenvalue weighted by molar-refractivity contribution is 0.0258. The summed E-state index contributed by atoms with van der Waals surface area (Å²) in [4.78, 5) is 7.81. The Balaban J connectivity index is 1.32. The minimum absolute atomic E-state index is 0.825. The van der Waals surface area contributed by atoms with Crippen LogP contribution in [-0.4, -0.2) is 99.4 Å². The molecule has 3 aliphatic rings. The zero-order chi connectivity index (χ0) is 12.2. The summed E-state index contributed by atoms with van der Waals surface area (Å²) >= 11 is 0. The third-order valence-corrected chi connectivity index (χ3v) is 4.52. The molecule has 0 aliphatic carbocycles. The van der Waals surface area contributed by atoms with Crippen LogP contribution in [0.1, 0.15) is 0 Å². The Morgan fingerprint density at radius 2 is 1.44 bits per heavy atom. The highest BCUT2D eigenvalue weighted by molar-refractivity contribution is 4.87. The summed E-state index contributed by atoms with van der Waals surface area (Å²) in [5.74, 6) is 0. The molecule has 0 amide bonds. The highest BCUT2D eigenvalue weighted by Gasteiger charge is 2.27. The first kappa shape index (κ1) is 12.8. The quantitative estimate of drug-likeness (QED) is 0.689. The van der Waals surface area contributed by atoms with Crippen LogP contribution in [-0.2, 0) is 4.74 Å². The lowest BCUT2D eigenvalue weighted by Gasteiger charge is -2.43. The van der Waals surface area contributed by atoms with Crippen molar-refractivity contribution in [1.29, 1.82) is 0 Å². The maximum atomic E-state index is 5.38. The van der Waals surface area contributed by atoms with Crippen molar-refractivity contribution in [2.75, 3.05) is 78.7 Å². The first-order chi connectivity index (χ1) is 8.92. The molecule has 0 spiro atoms. The first-order valence-electron chi connectivity index (χ1n) is 7.39. The molecule has 5 heteroatoms. The van der Waals surface area contributed by atoms with E-state index in [9.17, 15) is 0 Å². The summed E-state index contributed by atoms with van der Waals surface area (Å²) in [6, 6.07) is 0.825. The van der Waals surface area contributed by atoms with Crippen molar-refractivity contribution in [2.24, 2.45) is 0 Å². The number of hydrogen-bond donors (Lipinski definition) is 1. The molecule has 0 atom stereocenters. The Morgan fingerprint density at radius 3 is 2.00 bits per heavy atom. The minimum atomic E-state index is 0.825. The number of nitrogens with one attached hydrogen (secondary N) is 1. The third-order valence-electron chi connectivity index (χ3n) is 4.52. The van der Waals surface area contributed by atoms with Gasteiger partial charge in [-0.15, -0.1) is 0 Å². The summed E-state index contributed by atoms with van der Waals surface area (Å²) < 4.78 is 5.38. The second-order valence-corrected chi connectivity index (χ2v) is 5.64. The van der Waals surface area contributed by atoms with E-state index in [4.69, 9.17) is 4.74 Å². The molecular weight excluding hydrogens is 228 g/mol. The largest absolute Gasteiger partial charge is 0.379 e. The lowest BCUT2D eigenvalue weighted by Crippen LogP contribution is -2.61. The molecule has 1 N–H and O–H groups in total. The molecule has 0 bridgehead atoms. The van der Waals surface area contributed by atoms with Gasteiger partial charge >= 0.3 is 0 Å². The van der Waals surface area contributed by atoms with E-state index in [2.05, 4.69) is 20.0 Å². The van der Waals surface area contributed by atoms with Crippen molar-refractivity contribution in [3.05, 3.63) is 0 Å². The Labute approximate surface area is 110 Å². The molecule has 3 saturated heterocycles. The fourth-order valence-corrected chi connectivity index (χ4v) is 2.99. The fourth-order valence-electron chi connectivity index (χ4n) is 2.99. The predicted octanol–water partition coefficient (Wildman–Crippen LogP) is -1.09. The van der Waals surface area contributed by atoms with Crippen molar-refractivity contribution in [3.8, 4) is 0 Å². The van der Waals surface area contributed by atoms with Gasteiger partial charge in [-0.2, -0.15) is 0 Å². The molecule has 3 aliphatic heterocycles. The van der Waals surface area contributed by atoms with E-state index in [-0.39, 0.29) is 0 Å². The zero-order valence-electron chi connectivity index (χ0n) is 11.3. The van der Waals surface area contributed by atoms with E-state index in [1.54, 1.807) is 0 Å². The molecule has 18 heavy (non-hydrogen) atoms. The molecule has 0 aromatic heterocycles. The smallest absolute Gasteiger partial charge is 0.0594 e. The summed E-state index contributed by atoms with van der Waals surface area (Å²) in [5, 5.41) is 3.36. The van der Waals surface area contributed by atoms with Gasteiger partial charge in [0, 0.05) is 71.5 Å². The van der Waals surface area contributed by atoms with E-state index < -0.39 is 0 Å². The van der Waals surface area contributed by atoms with Crippen LogP contribution >= 0.6 is 0 Å². The number of nitrogens with zero attached hydrogens (tertiary/aromatic N) is 3. The summed E-state index contributed by atoms with van der Waals surface area (Å²) in [5.41, 5.74) is 0. The van der Waals surface area contributed by atoms with Crippen LogP contribution in [0, 0.1) is 0 Å². The summed E-state index contributed by atoms with van der Waals surface area (Å²) in [6.45, 7) is 13.9. The second kappa shape index (κ2) is 6.30. The molecule has 3 rings (SSSR count). The fraction of sp³-hybridized carbons (Fsp3) is 1.00.